The Hall–Kier alpha value is -2.05. The van der Waals surface area contributed by atoms with Gasteiger partial charge in [-0.3, -0.25) is 0 Å². The number of hydrogen-bond acceptors (Lipinski definition) is 2. The van der Waals surface area contributed by atoms with Crippen molar-refractivity contribution in [3.63, 3.8) is 0 Å². The molecule has 0 radical (unpaired) electrons. The lowest BCUT2D eigenvalue weighted by molar-refractivity contribution is 0.0601. The van der Waals surface area contributed by atoms with Crippen LogP contribution < -0.4 is 0 Å². The molecule has 20 heavy (non-hydrogen) atoms. The maximum atomic E-state index is 11.6. The molecule has 102 valence electrons. The minimum Gasteiger partial charge on any atom is -0.465 e. The van der Waals surface area contributed by atoms with Gasteiger partial charge in [-0.1, -0.05) is 43.8 Å². The molecule has 0 fully saturated rings. The molecule has 0 atom stereocenters. The Bertz CT molecular complexity index is 715. The van der Waals surface area contributed by atoms with Crippen LogP contribution in [0.5, 0.6) is 0 Å². The summed E-state index contributed by atoms with van der Waals surface area (Å²) in [5.41, 5.74) is 4.96. The molecule has 0 aliphatic carbocycles. The van der Waals surface area contributed by atoms with E-state index in [1.54, 1.807) is 6.07 Å². The van der Waals surface area contributed by atoms with Crippen molar-refractivity contribution in [3.8, 4) is 11.5 Å². The van der Waals surface area contributed by atoms with Gasteiger partial charge in [0.15, 0.2) is 0 Å². The zero-order chi connectivity index (χ0) is 14.8. The van der Waals surface area contributed by atoms with Crippen molar-refractivity contribution in [2.75, 3.05) is 7.11 Å². The predicted molar refractivity (Wildman–Crippen MR) is 85.5 cm³/mol. The van der Waals surface area contributed by atoms with Crippen molar-refractivity contribution in [2.24, 2.45) is 0 Å². The van der Waals surface area contributed by atoms with Crippen LogP contribution in [0.2, 0.25) is 19.6 Å². The van der Waals surface area contributed by atoms with Crippen LogP contribution >= 0.6 is 0 Å². The number of hydrogen-bond donors (Lipinski definition) is 0. The number of benzene rings is 2. The van der Waals surface area contributed by atoms with Crippen molar-refractivity contribution in [1.29, 1.82) is 0 Å². The normalized spacial score (nSPS) is 10.8. The van der Waals surface area contributed by atoms with E-state index in [0.717, 1.165) is 16.3 Å². The molecule has 0 saturated carbocycles. The lowest BCUT2D eigenvalue weighted by Crippen LogP contribution is -2.16. The largest absolute Gasteiger partial charge is 0.465 e. The average Bonchev–Trinajstić information content (AvgIpc) is 2.42. The summed E-state index contributed by atoms with van der Waals surface area (Å²) in [5, 5.41) is 2.08. The molecule has 2 aromatic carbocycles. The number of carbonyl (C=O) groups is 1. The third-order valence-electron chi connectivity index (χ3n) is 2.87. The van der Waals surface area contributed by atoms with Crippen LogP contribution in [-0.2, 0) is 4.74 Å². The Kier molecular flexibility index (Phi) is 3.96. The molecule has 0 aromatic heterocycles. The standard InChI is InChI=1S/C17H18O2Si/c1-19-17(18)15-8-9-16-13(10-11-20(2,3)4)6-5-7-14(16)12-15/h5-9,12H,1-4H3. The zero-order valence-electron chi connectivity index (χ0n) is 12.3. The molecule has 0 N–H and O–H groups in total. The summed E-state index contributed by atoms with van der Waals surface area (Å²) >= 11 is 0. The van der Waals surface area contributed by atoms with E-state index in [-0.39, 0.29) is 5.97 Å². The molecule has 0 aliphatic rings. The second kappa shape index (κ2) is 5.52. The first-order valence-electron chi connectivity index (χ1n) is 6.55. The highest BCUT2D eigenvalue weighted by Gasteiger charge is 2.09. The number of rotatable bonds is 1. The predicted octanol–water partition coefficient (Wildman–Crippen LogP) is 3.86. The maximum absolute atomic E-state index is 11.6. The molecule has 3 heteroatoms. The molecule has 0 unspecified atom stereocenters. The summed E-state index contributed by atoms with van der Waals surface area (Å²) in [6.45, 7) is 6.67. The van der Waals surface area contributed by atoms with Crippen molar-refractivity contribution in [2.45, 2.75) is 19.6 Å². The van der Waals surface area contributed by atoms with E-state index in [0.29, 0.717) is 5.56 Å². The number of esters is 1. The van der Waals surface area contributed by atoms with E-state index >= 15 is 0 Å². The lowest BCUT2D eigenvalue weighted by atomic mass is 10.0. The smallest absolute Gasteiger partial charge is 0.337 e. The van der Waals surface area contributed by atoms with E-state index in [9.17, 15) is 4.79 Å². The molecular weight excluding hydrogens is 264 g/mol. The van der Waals surface area contributed by atoms with Gasteiger partial charge in [0.1, 0.15) is 8.07 Å². The van der Waals surface area contributed by atoms with Crippen LogP contribution in [0, 0.1) is 11.5 Å². The molecule has 2 nitrogen and oxygen atoms in total. The number of carbonyl (C=O) groups excluding carboxylic acids is 1. The first-order valence-corrected chi connectivity index (χ1v) is 10.0. The summed E-state index contributed by atoms with van der Waals surface area (Å²) in [4.78, 5) is 11.6. The van der Waals surface area contributed by atoms with Gasteiger partial charge in [-0.2, -0.15) is 0 Å². The Morgan fingerprint density at radius 2 is 1.90 bits per heavy atom. The van der Waals surface area contributed by atoms with E-state index in [1.165, 1.54) is 7.11 Å². The third kappa shape index (κ3) is 3.28. The number of fused-ring (bicyclic) bond motifs is 1. The van der Waals surface area contributed by atoms with Gasteiger partial charge < -0.3 is 4.74 Å². The highest BCUT2D eigenvalue weighted by atomic mass is 28.3. The molecule has 2 aromatic rings. The second-order valence-corrected chi connectivity index (χ2v) is 10.5. The van der Waals surface area contributed by atoms with E-state index in [4.69, 9.17) is 4.74 Å². The summed E-state index contributed by atoms with van der Waals surface area (Å²) in [6.07, 6.45) is 0. The van der Waals surface area contributed by atoms with Crippen LogP contribution in [-0.4, -0.2) is 21.2 Å². The van der Waals surface area contributed by atoms with E-state index < -0.39 is 8.07 Å². The van der Waals surface area contributed by atoms with Gasteiger partial charge in [0.05, 0.1) is 12.7 Å². The third-order valence-corrected chi connectivity index (χ3v) is 3.75. The minimum absolute atomic E-state index is 0.314. The van der Waals surface area contributed by atoms with Crippen LogP contribution in [0.1, 0.15) is 15.9 Å². The molecule has 0 aliphatic heterocycles. The monoisotopic (exact) mass is 282 g/mol. The topological polar surface area (TPSA) is 26.3 Å². The summed E-state index contributed by atoms with van der Waals surface area (Å²) in [6, 6.07) is 11.6. The molecule has 0 spiro atoms. The minimum atomic E-state index is -1.40. The molecule has 2 rings (SSSR count). The summed E-state index contributed by atoms with van der Waals surface area (Å²) in [7, 11) is -0.00591. The van der Waals surface area contributed by atoms with Crippen LogP contribution in [0.4, 0.5) is 0 Å². The van der Waals surface area contributed by atoms with Gasteiger partial charge in [0.25, 0.3) is 0 Å². The van der Waals surface area contributed by atoms with Gasteiger partial charge in [-0.05, 0) is 29.0 Å². The molecule has 0 heterocycles. The van der Waals surface area contributed by atoms with Gasteiger partial charge in [-0.15, -0.1) is 5.54 Å². The highest BCUT2D eigenvalue weighted by molar-refractivity contribution is 6.83. The fraction of sp³-hybridized carbons (Fsp3) is 0.235. The Labute approximate surface area is 120 Å². The van der Waals surface area contributed by atoms with Crippen molar-refractivity contribution < 1.29 is 9.53 Å². The number of ether oxygens (including phenoxy) is 1. The molecular formula is C17H18O2Si. The second-order valence-electron chi connectivity index (χ2n) is 5.73. The SMILES string of the molecule is COC(=O)c1ccc2c(C#C[Si](C)(C)C)cccc2c1. The van der Waals surface area contributed by atoms with Gasteiger partial charge in [0.2, 0.25) is 0 Å². The van der Waals surface area contributed by atoms with Crippen molar-refractivity contribution in [1.82, 2.24) is 0 Å². The zero-order valence-corrected chi connectivity index (χ0v) is 13.3. The number of methoxy groups -OCH3 is 1. The molecule has 0 saturated heterocycles. The van der Waals surface area contributed by atoms with E-state index in [2.05, 4.69) is 31.1 Å². The average molecular weight is 282 g/mol. The van der Waals surface area contributed by atoms with Crippen molar-refractivity contribution in [3.05, 3.63) is 47.5 Å². The maximum Gasteiger partial charge on any atom is 0.337 e. The Balaban J connectivity index is 2.53. The Morgan fingerprint density at radius 3 is 2.55 bits per heavy atom. The highest BCUT2D eigenvalue weighted by Crippen LogP contribution is 2.20. The molecule has 0 bridgehead atoms. The first-order chi connectivity index (χ1) is 9.40. The fourth-order valence-corrected chi connectivity index (χ4v) is 2.40. The van der Waals surface area contributed by atoms with Crippen LogP contribution in [0.25, 0.3) is 10.8 Å². The summed E-state index contributed by atoms with van der Waals surface area (Å²) < 4.78 is 4.75. The van der Waals surface area contributed by atoms with Crippen LogP contribution in [0.3, 0.4) is 0 Å². The molecule has 0 amide bonds. The van der Waals surface area contributed by atoms with Crippen LogP contribution in [0.15, 0.2) is 36.4 Å². The first kappa shape index (κ1) is 14.4. The Morgan fingerprint density at radius 1 is 1.15 bits per heavy atom. The summed E-state index contributed by atoms with van der Waals surface area (Å²) in [5.74, 6) is 2.97. The van der Waals surface area contributed by atoms with Gasteiger partial charge in [-0.25, -0.2) is 4.79 Å². The van der Waals surface area contributed by atoms with Gasteiger partial charge >= 0.3 is 5.97 Å². The van der Waals surface area contributed by atoms with E-state index in [1.807, 2.05) is 30.3 Å². The fourth-order valence-electron chi connectivity index (χ4n) is 1.89. The van der Waals surface area contributed by atoms with Crippen molar-refractivity contribution >= 4 is 24.8 Å². The quantitative estimate of drug-likeness (QED) is 0.451. The van der Waals surface area contributed by atoms with Gasteiger partial charge in [0, 0.05) is 5.56 Å². The lowest BCUT2D eigenvalue weighted by Gasteiger charge is -2.06.